The predicted octanol–water partition coefficient (Wildman–Crippen LogP) is 5.19. The lowest BCUT2D eigenvalue weighted by Crippen LogP contribution is -2.39. The number of amides is 3. The Labute approximate surface area is 242 Å². The summed E-state index contributed by atoms with van der Waals surface area (Å²) in [5.74, 6) is -0.180. The minimum atomic E-state index is -0.614. The van der Waals surface area contributed by atoms with E-state index in [-0.39, 0.29) is 19.0 Å². The van der Waals surface area contributed by atoms with E-state index in [1.165, 1.54) is 16.4 Å². The molecule has 212 valence electrons. The number of hydrogen-bond acceptors (Lipinski definition) is 7. The molecule has 0 atom stereocenters. The zero-order valence-corrected chi connectivity index (χ0v) is 24.1. The Morgan fingerprint density at radius 3 is 2.46 bits per heavy atom. The summed E-state index contributed by atoms with van der Waals surface area (Å²) in [6.45, 7) is 5.69. The summed E-state index contributed by atoms with van der Waals surface area (Å²) in [7, 11) is 1.59. The molecule has 0 bridgehead atoms. The molecule has 3 amide bonds. The number of nitrogens with one attached hydrogen (secondary N) is 3. The first-order chi connectivity index (χ1) is 19.6. The molecule has 0 aliphatic carbocycles. The van der Waals surface area contributed by atoms with Crippen molar-refractivity contribution in [2.45, 2.75) is 36.2 Å². The van der Waals surface area contributed by atoms with Crippen molar-refractivity contribution in [1.82, 2.24) is 30.7 Å². The maximum atomic E-state index is 13.2. The average Bonchev–Trinajstić information content (AvgIpc) is 3.31. The molecule has 0 aliphatic rings. The molecule has 2 aromatic carbocycles. The smallest absolute Gasteiger partial charge is 0.407 e. The number of carbonyl (C=O) groups is 3. The van der Waals surface area contributed by atoms with Gasteiger partial charge in [-0.25, -0.2) is 9.59 Å². The van der Waals surface area contributed by atoms with Crippen LogP contribution in [0, 0.1) is 0 Å². The van der Waals surface area contributed by atoms with Crippen LogP contribution in [-0.4, -0.2) is 58.5 Å². The van der Waals surface area contributed by atoms with Crippen LogP contribution in [0.15, 0.2) is 76.7 Å². The maximum Gasteiger partial charge on any atom is 0.407 e. The van der Waals surface area contributed by atoms with E-state index in [0.717, 1.165) is 20.9 Å². The molecule has 2 aromatic heterocycles. The van der Waals surface area contributed by atoms with Crippen LogP contribution in [0.1, 0.15) is 42.5 Å². The summed E-state index contributed by atoms with van der Waals surface area (Å²) < 4.78 is 6.53. The Hall–Kier alpha value is -4.64. The normalized spacial score (nSPS) is 11.4. The SMILES string of the molecule is CNC(=O)c1ccccc1Sc1ccc2c(/C=C/c3ccccn3)nn(C(=O)NCCNC(=O)OC(C)(C)C)c2c1. The van der Waals surface area contributed by atoms with E-state index in [0.29, 0.717) is 16.8 Å². The standard InChI is InChI=1S/C30H32N6O4S/c1-30(2,3)40-29(39)34-18-17-33-28(38)36-25-19-21(41-26-11-6-5-10-23(26)27(37)31-4)13-14-22(25)24(35-36)15-12-20-9-7-8-16-32-20/h5-16,19H,17-18H2,1-4H3,(H,31,37)(H,33,38)(H,34,39)/b15-12+. The molecule has 0 fully saturated rings. The number of fused-ring (bicyclic) bond motifs is 1. The van der Waals surface area contributed by atoms with Crippen molar-refractivity contribution in [2.24, 2.45) is 0 Å². The fraction of sp³-hybridized carbons (Fsp3) is 0.233. The van der Waals surface area contributed by atoms with Crippen molar-refractivity contribution in [3.63, 3.8) is 0 Å². The number of hydrogen-bond donors (Lipinski definition) is 3. The second-order valence-corrected chi connectivity index (χ2v) is 11.0. The highest BCUT2D eigenvalue weighted by Crippen LogP contribution is 2.33. The van der Waals surface area contributed by atoms with Gasteiger partial charge in [0.1, 0.15) is 5.60 Å². The number of nitrogens with zero attached hydrogens (tertiary/aromatic N) is 3. The van der Waals surface area contributed by atoms with Crippen LogP contribution in [0.2, 0.25) is 0 Å². The van der Waals surface area contributed by atoms with Crippen LogP contribution in [0.5, 0.6) is 0 Å². The Bertz CT molecular complexity index is 1580. The molecule has 0 aliphatic heterocycles. The van der Waals surface area contributed by atoms with E-state index in [2.05, 4.69) is 26.0 Å². The molecular weight excluding hydrogens is 540 g/mol. The van der Waals surface area contributed by atoms with Gasteiger partial charge in [0.15, 0.2) is 0 Å². The van der Waals surface area contributed by atoms with Crippen molar-refractivity contribution in [3.05, 3.63) is 83.8 Å². The molecule has 2 heterocycles. The van der Waals surface area contributed by atoms with Gasteiger partial charge in [0.2, 0.25) is 0 Å². The first-order valence-electron chi connectivity index (χ1n) is 13.0. The number of carbonyl (C=O) groups excluding carboxylic acids is 3. The molecule has 0 saturated heterocycles. The number of aromatic nitrogens is 3. The van der Waals surface area contributed by atoms with E-state index >= 15 is 0 Å². The van der Waals surface area contributed by atoms with Crippen LogP contribution in [0.25, 0.3) is 23.1 Å². The van der Waals surface area contributed by atoms with Gasteiger partial charge < -0.3 is 20.7 Å². The summed E-state index contributed by atoms with van der Waals surface area (Å²) >= 11 is 1.42. The number of alkyl carbamates (subject to hydrolysis) is 1. The second kappa shape index (κ2) is 13.1. The van der Waals surface area contributed by atoms with Crippen molar-refractivity contribution in [2.75, 3.05) is 20.1 Å². The molecule has 10 nitrogen and oxygen atoms in total. The summed E-state index contributed by atoms with van der Waals surface area (Å²) in [5.41, 5.74) is 1.88. The lowest BCUT2D eigenvalue weighted by atomic mass is 10.2. The molecule has 0 radical (unpaired) electrons. The zero-order chi connectivity index (χ0) is 29.4. The van der Waals surface area contributed by atoms with Crippen molar-refractivity contribution in [3.8, 4) is 0 Å². The second-order valence-electron chi connectivity index (χ2n) is 9.90. The molecule has 0 saturated carbocycles. The topological polar surface area (TPSA) is 127 Å². The monoisotopic (exact) mass is 572 g/mol. The first-order valence-corrected chi connectivity index (χ1v) is 13.8. The first kappa shape index (κ1) is 29.3. The summed E-state index contributed by atoms with van der Waals surface area (Å²) in [6, 6.07) is 18.2. The molecule has 3 N–H and O–H groups in total. The van der Waals surface area contributed by atoms with E-state index in [1.54, 1.807) is 40.1 Å². The third kappa shape index (κ3) is 7.95. The lowest BCUT2D eigenvalue weighted by molar-refractivity contribution is 0.0528. The maximum absolute atomic E-state index is 13.2. The Balaban J connectivity index is 1.60. The number of pyridine rings is 1. The van der Waals surface area contributed by atoms with Crippen LogP contribution in [-0.2, 0) is 4.74 Å². The van der Waals surface area contributed by atoms with Gasteiger partial charge in [-0.15, -0.1) is 0 Å². The van der Waals surface area contributed by atoms with Crippen LogP contribution >= 0.6 is 11.8 Å². The summed E-state index contributed by atoms with van der Waals surface area (Å²) in [4.78, 5) is 43.4. The quantitative estimate of drug-likeness (QED) is 0.248. The molecule has 0 spiro atoms. The van der Waals surface area contributed by atoms with E-state index in [4.69, 9.17) is 4.74 Å². The molecule has 0 unspecified atom stereocenters. The highest BCUT2D eigenvalue weighted by atomic mass is 32.2. The highest BCUT2D eigenvalue weighted by Gasteiger charge is 2.18. The van der Waals surface area contributed by atoms with Crippen LogP contribution in [0.4, 0.5) is 9.59 Å². The lowest BCUT2D eigenvalue weighted by Gasteiger charge is -2.19. The van der Waals surface area contributed by atoms with Gasteiger partial charge in [0.05, 0.1) is 22.5 Å². The van der Waals surface area contributed by atoms with Gasteiger partial charge in [-0.05, 0) is 75.4 Å². The van der Waals surface area contributed by atoms with Gasteiger partial charge in [-0.2, -0.15) is 9.78 Å². The number of rotatable bonds is 8. The molecule has 4 rings (SSSR count). The van der Waals surface area contributed by atoms with Crippen LogP contribution < -0.4 is 16.0 Å². The largest absolute Gasteiger partial charge is 0.444 e. The average molecular weight is 573 g/mol. The predicted molar refractivity (Wildman–Crippen MR) is 160 cm³/mol. The fourth-order valence-electron chi connectivity index (χ4n) is 3.83. The summed E-state index contributed by atoms with van der Waals surface area (Å²) in [5, 5.41) is 13.4. The molecule has 11 heteroatoms. The molecular formula is C30H32N6O4S. The van der Waals surface area contributed by atoms with E-state index in [9.17, 15) is 14.4 Å². The summed E-state index contributed by atoms with van der Waals surface area (Å²) in [6.07, 6.45) is 4.79. The highest BCUT2D eigenvalue weighted by molar-refractivity contribution is 7.99. The third-order valence-corrected chi connectivity index (χ3v) is 6.69. The Morgan fingerprint density at radius 2 is 1.73 bits per heavy atom. The van der Waals surface area contributed by atoms with Crippen molar-refractivity contribution < 1.29 is 19.1 Å². The minimum Gasteiger partial charge on any atom is -0.444 e. The molecule has 41 heavy (non-hydrogen) atoms. The Morgan fingerprint density at radius 1 is 0.976 bits per heavy atom. The van der Waals surface area contributed by atoms with Gasteiger partial charge in [0.25, 0.3) is 5.91 Å². The van der Waals surface area contributed by atoms with Crippen LogP contribution in [0.3, 0.4) is 0 Å². The number of ether oxygens (including phenoxy) is 1. The Kier molecular flexibility index (Phi) is 9.41. The van der Waals surface area contributed by atoms with E-state index in [1.807, 2.05) is 66.7 Å². The fourth-order valence-corrected chi connectivity index (χ4v) is 4.80. The third-order valence-electron chi connectivity index (χ3n) is 5.63. The van der Waals surface area contributed by atoms with E-state index < -0.39 is 17.7 Å². The van der Waals surface area contributed by atoms with Gasteiger partial charge in [0, 0.05) is 41.5 Å². The van der Waals surface area contributed by atoms with Gasteiger partial charge in [-0.3, -0.25) is 9.78 Å². The number of benzene rings is 2. The molecule has 4 aromatic rings. The zero-order valence-electron chi connectivity index (χ0n) is 23.3. The minimum absolute atomic E-state index is 0.173. The van der Waals surface area contributed by atoms with Crippen molar-refractivity contribution in [1.29, 1.82) is 0 Å². The van der Waals surface area contributed by atoms with Crippen molar-refractivity contribution >= 4 is 52.8 Å². The van der Waals surface area contributed by atoms with Gasteiger partial charge in [-0.1, -0.05) is 30.0 Å². The van der Waals surface area contributed by atoms with Gasteiger partial charge >= 0.3 is 12.1 Å².